The number of carbonyl (C=O) groups excluding carboxylic acids is 1. The number of rotatable bonds is 8. The highest BCUT2D eigenvalue weighted by atomic mass is 16.1. The van der Waals surface area contributed by atoms with Crippen LogP contribution in [0.1, 0.15) is 33.1 Å². The van der Waals surface area contributed by atoms with Gasteiger partial charge in [-0.3, -0.25) is 4.79 Å². The van der Waals surface area contributed by atoms with Crippen LogP contribution in [0, 0.1) is 0 Å². The van der Waals surface area contributed by atoms with Crippen molar-refractivity contribution in [2.24, 2.45) is 0 Å². The minimum Gasteiger partial charge on any atom is -0.354 e. The maximum Gasteiger partial charge on any atom is 0.224 e. The third-order valence-corrected chi connectivity index (χ3v) is 3.20. The normalized spacial score (nSPS) is 10.2. The summed E-state index contributed by atoms with van der Waals surface area (Å²) in [6.07, 6.45) is 5.23. The van der Waals surface area contributed by atoms with Gasteiger partial charge in [-0.15, -0.1) is 0 Å². The molecule has 0 fully saturated rings. The van der Waals surface area contributed by atoms with E-state index >= 15 is 0 Å². The minimum atomic E-state index is -0.0831. The number of hydrogen-bond acceptors (Lipinski definition) is 5. The van der Waals surface area contributed by atoms with Gasteiger partial charge in [0.25, 0.3) is 0 Å². The Kier molecular flexibility index (Phi) is 6.35. The van der Waals surface area contributed by atoms with Crippen LogP contribution in [-0.4, -0.2) is 22.4 Å². The van der Waals surface area contributed by atoms with Gasteiger partial charge in [-0.25, -0.2) is 4.98 Å². The third-order valence-electron chi connectivity index (χ3n) is 3.20. The van der Waals surface area contributed by atoms with Crippen molar-refractivity contribution in [1.29, 1.82) is 0 Å². The fourth-order valence-electron chi connectivity index (χ4n) is 2.08. The molecule has 122 valence electrons. The fourth-order valence-corrected chi connectivity index (χ4v) is 2.08. The molecule has 0 saturated heterocycles. The lowest BCUT2D eigenvalue weighted by molar-refractivity contribution is -0.114. The Hall–Kier alpha value is -2.63. The van der Waals surface area contributed by atoms with Crippen LogP contribution in [0.25, 0.3) is 0 Å². The van der Waals surface area contributed by atoms with Gasteiger partial charge < -0.3 is 16.0 Å². The van der Waals surface area contributed by atoms with E-state index < -0.39 is 0 Å². The van der Waals surface area contributed by atoms with E-state index in [1.54, 1.807) is 6.20 Å². The molecule has 0 aliphatic rings. The zero-order valence-electron chi connectivity index (χ0n) is 13.6. The van der Waals surface area contributed by atoms with Crippen molar-refractivity contribution < 1.29 is 4.79 Å². The molecule has 23 heavy (non-hydrogen) atoms. The second-order valence-electron chi connectivity index (χ2n) is 5.28. The average molecular weight is 313 g/mol. The number of carbonyl (C=O) groups is 1. The van der Waals surface area contributed by atoms with Crippen LogP contribution in [0.15, 0.2) is 36.5 Å². The first-order valence-corrected chi connectivity index (χ1v) is 7.89. The Labute approximate surface area is 136 Å². The molecule has 2 aromatic rings. The van der Waals surface area contributed by atoms with Crippen LogP contribution < -0.4 is 16.0 Å². The fraction of sp³-hybridized carbons (Fsp3) is 0.353. The summed E-state index contributed by atoms with van der Waals surface area (Å²) in [6.45, 7) is 4.54. The van der Waals surface area contributed by atoms with Gasteiger partial charge in [-0.05, 0) is 36.8 Å². The molecule has 0 unspecified atom stereocenters. The van der Waals surface area contributed by atoms with E-state index in [0.29, 0.717) is 5.95 Å². The highest BCUT2D eigenvalue weighted by molar-refractivity contribution is 5.88. The van der Waals surface area contributed by atoms with Crippen molar-refractivity contribution in [3.8, 4) is 0 Å². The van der Waals surface area contributed by atoms with E-state index in [0.717, 1.165) is 30.2 Å². The van der Waals surface area contributed by atoms with E-state index in [4.69, 9.17) is 0 Å². The highest BCUT2D eigenvalue weighted by Crippen LogP contribution is 2.18. The van der Waals surface area contributed by atoms with Gasteiger partial charge in [0, 0.05) is 31.0 Å². The second-order valence-corrected chi connectivity index (χ2v) is 5.28. The van der Waals surface area contributed by atoms with Crippen LogP contribution in [0.3, 0.4) is 0 Å². The molecule has 0 saturated carbocycles. The van der Waals surface area contributed by atoms with Crippen LogP contribution in [0.5, 0.6) is 0 Å². The predicted octanol–water partition coefficient (Wildman–Crippen LogP) is 3.78. The lowest BCUT2D eigenvalue weighted by atomic mass is 10.2. The predicted molar refractivity (Wildman–Crippen MR) is 94.1 cm³/mol. The molecule has 1 heterocycles. The molecule has 1 aromatic carbocycles. The molecule has 1 amide bonds. The molecular formula is C17H23N5O. The van der Waals surface area contributed by atoms with E-state index in [1.807, 2.05) is 30.3 Å². The third kappa shape index (κ3) is 5.94. The van der Waals surface area contributed by atoms with Gasteiger partial charge in [-0.2, -0.15) is 4.98 Å². The molecule has 0 bridgehead atoms. The van der Waals surface area contributed by atoms with Crippen LogP contribution in [0.4, 0.5) is 23.1 Å². The molecule has 6 nitrogen and oxygen atoms in total. The van der Waals surface area contributed by atoms with E-state index in [9.17, 15) is 4.79 Å². The van der Waals surface area contributed by atoms with Crippen LogP contribution >= 0.6 is 0 Å². The maximum absolute atomic E-state index is 11.0. The second kappa shape index (κ2) is 8.73. The van der Waals surface area contributed by atoms with Crippen molar-refractivity contribution in [3.05, 3.63) is 36.5 Å². The molecule has 0 atom stereocenters. The molecule has 1 aromatic heterocycles. The Morgan fingerprint density at radius 2 is 1.83 bits per heavy atom. The molecule has 0 aliphatic heterocycles. The lowest BCUT2D eigenvalue weighted by Gasteiger charge is -2.09. The summed E-state index contributed by atoms with van der Waals surface area (Å²) in [5, 5.41) is 9.19. The number of amides is 1. The van der Waals surface area contributed by atoms with Crippen molar-refractivity contribution >= 4 is 29.0 Å². The first-order chi connectivity index (χ1) is 11.2. The molecule has 2 rings (SSSR count). The Balaban J connectivity index is 1.93. The van der Waals surface area contributed by atoms with Crippen molar-refractivity contribution in [1.82, 2.24) is 9.97 Å². The van der Waals surface area contributed by atoms with Crippen LogP contribution in [0.2, 0.25) is 0 Å². The van der Waals surface area contributed by atoms with Crippen molar-refractivity contribution in [2.45, 2.75) is 33.1 Å². The Morgan fingerprint density at radius 1 is 1.09 bits per heavy atom. The largest absolute Gasteiger partial charge is 0.354 e. The molecule has 0 spiro atoms. The van der Waals surface area contributed by atoms with Gasteiger partial charge >= 0.3 is 0 Å². The van der Waals surface area contributed by atoms with E-state index in [1.165, 1.54) is 19.8 Å². The summed E-state index contributed by atoms with van der Waals surface area (Å²) in [7, 11) is 0. The smallest absolute Gasteiger partial charge is 0.224 e. The van der Waals surface area contributed by atoms with Gasteiger partial charge in [-0.1, -0.05) is 19.8 Å². The number of benzene rings is 1. The quantitative estimate of drug-likeness (QED) is 0.646. The minimum absolute atomic E-state index is 0.0831. The molecule has 0 radical (unpaired) electrons. The van der Waals surface area contributed by atoms with Crippen molar-refractivity contribution in [3.63, 3.8) is 0 Å². The topological polar surface area (TPSA) is 78.9 Å². The number of unbranched alkanes of at least 4 members (excludes halogenated alkanes) is 2. The standard InChI is InChI=1S/C17H23N5O/c1-3-4-5-11-18-17-19-12-10-16(22-17)21-15-8-6-14(7-9-15)20-13(2)23/h6-10,12H,3-5,11H2,1-2H3,(H,20,23)(H2,18,19,21,22). The number of hydrogen-bond donors (Lipinski definition) is 3. The van der Waals surface area contributed by atoms with Crippen molar-refractivity contribution in [2.75, 3.05) is 22.5 Å². The van der Waals surface area contributed by atoms with E-state index in [-0.39, 0.29) is 5.91 Å². The Bertz CT molecular complexity index is 627. The lowest BCUT2D eigenvalue weighted by Crippen LogP contribution is -2.06. The molecule has 3 N–H and O–H groups in total. The van der Waals surface area contributed by atoms with Gasteiger partial charge in [0.1, 0.15) is 5.82 Å². The molecule has 0 aliphatic carbocycles. The van der Waals surface area contributed by atoms with Gasteiger partial charge in [0.2, 0.25) is 11.9 Å². The summed E-state index contributed by atoms with van der Waals surface area (Å²) in [6, 6.07) is 9.28. The first kappa shape index (κ1) is 16.7. The Morgan fingerprint density at radius 3 is 2.52 bits per heavy atom. The zero-order valence-corrected chi connectivity index (χ0v) is 13.6. The monoisotopic (exact) mass is 313 g/mol. The van der Waals surface area contributed by atoms with Crippen LogP contribution in [-0.2, 0) is 4.79 Å². The number of nitrogens with zero attached hydrogens (tertiary/aromatic N) is 2. The summed E-state index contributed by atoms with van der Waals surface area (Å²) in [4.78, 5) is 19.7. The SMILES string of the molecule is CCCCCNc1nccc(Nc2ccc(NC(C)=O)cc2)n1. The van der Waals surface area contributed by atoms with Gasteiger partial charge in [0.15, 0.2) is 0 Å². The molecule has 6 heteroatoms. The highest BCUT2D eigenvalue weighted by Gasteiger charge is 2.01. The maximum atomic E-state index is 11.0. The average Bonchev–Trinajstić information content (AvgIpc) is 2.53. The summed E-state index contributed by atoms with van der Waals surface area (Å²) in [5.41, 5.74) is 1.67. The van der Waals surface area contributed by atoms with E-state index in [2.05, 4.69) is 32.8 Å². The number of aromatic nitrogens is 2. The summed E-state index contributed by atoms with van der Waals surface area (Å²) >= 11 is 0. The summed E-state index contributed by atoms with van der Waals surface area (Å²) in [5.74, 6) is 1.27. The van der Waals surface area contributed by atoms with Gasteiger partial charge in [0.05, 0.1) is 0 Å². The number of anilines is 4. The zero-order chi connectivity index (χ0) is 16.5. The molecular weight excluding hydrogens is 290 g/mol. The number of nitrogens with one attached hydrogen (secondary N) is 3. The first-order valence-electron chi connectivity index (χ1n) is 7.89. The summed E-state index contributed by atoms with van der Waals surface area (Å²) < 4.78 is 0.